The molecular weight excluding hydrogens is 836 g/mol. The van der Waals surface area contributed by atoms with Crippen molar-refractivity contribution in [1.82, 2.24) is 10.6 Å². The molecule has 5 saturated heterocycles. The Labute approximate surface area is 346 Å². The molecule has 0 radical (unpaired) electrons. The van der Waals surface area contributed by atoms with Gasteiger partial charge in [0.2, 0.25) is 11.8 Å². The van der Waals surface area contributed by atoms with E-state index in [1.807, 2.05) is 0 Å². The summed E-state index contributed by atoms with van der Waals surface area (Å²) < 4.78 is 52.2. The van der Waals surface area contributed by atoms with Gasteiger partial charge in [0.25, 0.3) is 0 Å². The molecule has 5 aliphatic rings. The molecule has 27 nitrogen and oxygen atoms in total. The van der Waals surface area contributed by atoms with Crippen LogP contribution in [-0.2, 0) is 52.2 Å². The Kier molecular flexibility index (Phi) is 17.5. The lowest BCUT2D eigenvalue weighted by molar-refractivity contribution is -0.399. The van der Waals surface area contributed by atoms with E-state index >= 15 is 0 Å². The van der Waals surface area contributed by atoms with Gasteiger partial charge in [0, 0.05) is 13.8 Å². The van der Waals surface area contributed by atoms with Crippen LogP contribution in [0.4, 0.5) is 0 Å². The van der Waals surface area contributed by atoms with Crippen LogP contribution in [0.15, 0.2) is 0 Å². The fourth-order valence-electron chi connectivity index (χ4n) is 7.74. The van der Waals surface area contributed by atoms with Gasteiger partial charge < -0.3 is 125 Å². The van der Waals surface area contributed by atoms with Gasteiger partial charge in [0.1, 0.15) is 116 Å². The number of hydrogen-bond donors (Lipinski definition) is 16. The number of hydrogen-bond acceptors (Lipinski definition) is 25. The SMILES string of the molecule is CC(=O)N[C@H]1[C@@H](O[C@H]2[C@@H](O)[C@@H](CO)O[C@@H](O[C@H]3[C@@H](O)[C@@H](CO)O[C@@H](O[C@@H]4[C@@H](O)[C@H](O)O[C@H](CO)[C@@H]4O)[C@@H]3NC(C)=O)[C@@H]2O[C@@H]2O[C@@H](C)[C@@H](O)[C@@H](O)[C@@H]2O)O[C@H](CO)[C@H](O)[C@@H]1O. The van der Waals surface area contributed by atoms with E-state index in [-0.39, 0.29) is 0 Å². The normalized spacial score (nSPS) is 49.6. The summed E-state index contributed by atoms with van der Waals surface area (Å²) >= 11 is 0. The molecule has 25 atom stereocenters. The number of ether oxygens (including phenoxy) is 9. The summed E-state index contributed by atoms with van der Waals surface area (Å²) in [7, 11) is 0. The fraction of sp³-hybridized carbons (Fsp3) is 0.941. The van der Waals surface area contributed by atoms with Crippen LogP contribution in [0.3, 0.4) is 0 Å². The second-order valence-electron chi connectivity index (χ2n) is 15.4. The van der Waals surface area contributed by atoms with E-state index in [1.54, 1.807) is 0 Å². The number of amides is 2. The van der Waals surface area contributed by atoms with Gasteiger partial charge in [0.05, 0.1) is 32.5 Å². The van der Waals surface area contributed by atoms with Crippen LogP contribution in [0.2, 0.25) is 0 Å². The molecule has 0 saturated carbocycles. The average Bonchev–Trinajstić information content (AvgIpc) is 3.22. The van der Waals surface area contributed by atoms with E-state index in [0.29, 0.717) is 0 Å². The van der Waals surface area contributed by atoms with Crippen LogP contribution < -0.4 is 10.6 Å². The van der Waals surface area contributed by atoms with Gasteiger partial charge in [-0.1, -0.05) is 0 Å². The van der Waals surface area contributed by atoms with E-state index in [1.165, 1.54) is 6.92 Å². The number of carbonyl (C=O) groups is 2. The van der Waals surface area contributed by atoms with Gasteiger partial charge in [-0.25, -0.2) is 0 Å². The number of rotatable bonds is 14. The number of carbonyl (C=O) groups excluding carboxylic acids is 2. The van der Waals surface area contributed by atoms with E-state index in [4.69, 9.17) is 42.6 Å². The summed E-state index contributed by atoms with van der Waals surface area (Å²) in [6.45, 7) is -0.358. The fourth-order valence-corrected chi connectivity index (χ4v) is 7.74. The van der Waals surface area contributed by atoms with Crippen LogP contribution in [0.5, 0.6) is 0 Å². The maximum atomic E-state index is 12.7. The van der Waals surface area contributed by atoms with Crippen molar-refractivity contribution in [2.45, 2.75) is 174 Å². The smallest absolute Gasteiger partial charge is 0.217 e. The van der Waals surface area contributed by atoms with Crippen LogP contribution >= 0.6 is 0 Å². The maximum absolute atomic E-state index is 12.7. The molecule has 0 unspecified atom stereocenters. The van der Waals surface area contributed by atoms with Crippen LogP contribution in [-0.4, -0.2) is 263 Å². The second-order valence-corrected chi connectivity index (χ2v) is 15.4. The number of nitrogens with one attached hydrogen (secondary N) is 2. The second kappa shape index (κ2) is 21.3. The number of aliphatic hydroxyl groups is 14. The Hall–Kier alpha value is -1.98. The Balaban J connectivity index is 1.57. The molecule has 0 bridgehead atoms. The van der Waals surface area contributed by atoms with Crippen molar-refractivity contribution >= 4 is 11.8 Å². The first kappa shape index (κ1) is 50.0. The van der Waals surface area contributed by atoms with Crippen molar-refractivity contribution in [3.8, 4) is 0 Å². The van der Waals surface area contributed by atoms with Crippen LogP contribution in [0.25, 0.3) is 0 Å². The molecule has 27 heteroatoms. The topological polar surface area (TPSA) is 424 Å². The molecular formula is C34H58N2O25. The summed E-state index contributed by atoms with van der Waals surface area (Å²) in [6, 6.07) is -3.36. The standard InChI is InChI=1S/C34H58N2O25/c1-8-17(43)23(49)24(50)33(53-8)61-29-28(60-31-15(35-9(2)41)22(48)18(44)11(4-37)55-31)21(47)14(7-40)57-34(29)58-26-16(36-10(3)42)32(56-13(6-39)19(26)45)59-27-20(46)12(5-38)54-30(52)25(27)51/h8,11-34,37-40,43-52H,4-7H2,1-3H3,(H,35,41)(H,36,42)/t8-,11+,12+,13+,14+,15+,16+,17+,18-,19-,20-,21-,22+,23+,24-,25+,26+,27-,28-,29+,30+,31+,32-,33-,34-/m0/s1. The zero-order chi connectivity index (χ0) is 45.2. The first-order chi connectivity index (χ1) is 28.8. The van der Waals surface area contributed by atoms with Crippen molar-refractivity contribution in [2.24, 2.45) is 0 Å². The molecule has 0 aromatic heterocycles. The first-order valence-electron chi connectivity index (χ1n) is 19.5. The third kappa shape index (κ3) is 10.8. The van der Waals surface area contributed by atoms with Gasteiger partial charge in [0.15, 0.2) is 31.5 Å². The first-order valence-corrected chi connectivity index (χ1v) is 19.5. The highest BCUT2D eigenvalue weighted by Crippen LogP contribution is 2.37. The lowest BCUT2D eigenvalue weighted by Gasteiger charge is -2.51. The van der Waals surface area contributed by atoms with E-state index < -0.39 is 192 Å². The third-order valence-corrected chi connectivity index (χ3v) is 11.1. The van der Waals surface area contributed by atoms with E-state index in [0.717, 1.165) is 13.8 Å². The molecule has 5 fully saturated rings. The molecule has 5 heterocycles. The predicted molar refractivity (Wildman–Crippen MR) is 188 cm³/mol. The van der Waals surface area contributed by atoms with Crippen LogP contribution in [0.1, 0.15) is 20.8 Å². The molecule has 0 aliphatic carbocycles. The molecule has 0 aromatic rings. The van der Waals surface area contributed by atoms with E-state index in [9.17, 15) is 81.1 Å². The highest BCUT2D eigenvalue weighted by molar-refractivity contribution is 5.73. The van der Waals surface area contributed by atoms with Gasteiger partial charge >= 0.3 is 0 Å². The lowest BCUT2D eigenvalue weighted by Crippen LogP contribution is -2.71. The number of aliphatic hydroxyl groups excluding tert-OH is 14. The van der Waals surface area contributed by atoms with Crippen LogP contribution in [0, 0.1) is 0 Å². The molecule has 0 spiro atoms. The molecule has 5 aliphatic heterocycles. The Bertz CT molecular complexity index is 1420. The van der Waals surface area contributed by atoms with Gasteiger partial charge in [-0.05, 0) is 6.92 Å². The highest BCUT2D eigenvalue weighted by Gasteiger charge is 2.58. The van der Waals surface area contributed by atoms with Crippen molar-refractivity contribution in [3.63, 3.8) is 0 Å². The largest absolute Gasteiger partial charge is 0.394 e. The quantitative estimate of drug-likeness (QED) is 0.0770. The molecule has 5 rings (SSSR count). The van der Waals surface area contributed by atoms with Crippen molar-refractivity contribution in [2.75, 3.05) is 26.4 Å². The molecule has 2 amide bonds. The molecule has 354 valence electrons. The summed E-state index contributed by atoms with van der Waals surface area (Å²) in [6.07, 6.45) is -42.2. The van der Waals surface area contributed by atoms with Gasteiger partial charge in [-0.3, -0.25) is 9.59 Å². The summed E-state index contributed by atoms with van der Waals surface area (Å²) in [4.78, 5) is 24.9. The average molecular weight is 895 g/mol. The summed E-state index contributed by atoms with van der Waals surface area (Å²) in [5.41, 5.74) is 0. The van der Waals surface area contributed by atoms with E-state index in [2.05, 4.69) is 10.6 Å². The minimum atomic E-state index is -2.08. The lowest BCUT2D eigenvalue weighted by atomic mass is 9.93. The van der Waals surface area contributed by atoms with Crippen molar-refractivity contribution in [3.05, 3.63) is 0 Å². The molecule has 16 N–H and O–H groups in total. The predicted octanol–water partition coefficient (Wildman–Crippen LogP) is -10.6. The summed E-state index contributed by atoms with van der Waals surface area (Å²) in [5, 5.41) is 154. The minimum absolute atomic E-state index is 0.763. The van der Waals surface area contributed by atoms with Crippen molar-refractivity contribution < 1.29 is 124 Å². The minimum Gasteiger partial charge on any atom is -0.394 e. The van der Waals surface area contributed by atoms with Gasteiger partial charge in [-0.2, -0.15) is 0 Å². The highest BCUT2D eigenvalue weighted by atomic mass is 16.8. The Morgan fingerprint density at radius 1 is 0.426 bits per heavy atom. The molecule has 61 heavy (non-hydrogen) atoms. The van der Waals surface area contributed by atoms with Crippen molar-refractivity contribution in [1.29, 1.82) is 0 Å². The summed E-state index contributed by atoms with van der Waals surface area (Å²) in [5.74, 6) is -1.59. The zero-order valence-electron chi connectivity index (χ0n) is 33.0. The third-order valence-electron chi connectivity index (χ3n) is 11.1. The maximum Gasteiger partial charge on any atom is 0.217 e. The van der Waals surface area contributed by atoms with Gasteiger partial charge in [-0.15, -0.1) is 0 Å². The molecule has 0 aromatic carbocycles. The monoisotopic (exact) mass is 894 g/mol. The zero-order valence-corrected chi connectivity index (χ0v) is 33.0. The Morgan fingerprint density at radius 3 is 1.41 bits per heavy atom. The Morgan fingerprint density at radius 2 is 0.852 bits per heavy atom.